The van der Waals surface area contributed by atoms with Crippen LogP contribution in [-0.2, 0) is 0 Å². The van der Waals surface area contributed by atoms with Crippen LogP contribution in [0, 0.1) is 11.8 Å². The lowest BCUT2D eigenvalue weighted by molar-refractivity contribution is 0.436. The van der Waals surface area contributed by atoms with Gasteiger partial charge in [0.15, 0.2) is 0 Å². The fourth-order valence-corrected chi connectivity index (χ4v) is 2.31. The molecule has 0 fully saturated rings. The highest BCUT2D eigenvalue weighted by molar-refractivity contribution is 4.65. The smallest absolute Gasteiger partial charge is 0.00792 e. The fraction of sp³-hybridized carbons (Fsp3) is 1.00. The molecule has 0 aromatic rings. The largest absolute Gasteiger partial charge is 0.314 e. The Morgan fingerprint density at radius 1 is 0.524 bits per heavy atom. The Kier molecular flexibility index (Phi) is 13.5. The van der Waals surface area contributed by atoms with Crippen LogP contribution in [0.3, 0.4) is 0 Å². The SMILES string of the molecule is CC(C)CCC(C)NCCNCCNC(C)CCC(C)C. The molecule has 0 saturated carbocycles. The average molecular weight is 300 g/mol. The van der Waals surface area contributed by atoms with Crippen LogP contribution < -0.4 is 16.0 Å². The molecule has 128 valence electrons. The summed E-state index contributed by atoms with van der Waals surface area (Å²) in [5.74, 6) is 1.63. The van der Waals surface area contributed by atoms with Crippen molar-refractivity contribution < 1.29 is 0 Å². The first-order valence-corrected chi connectivity index (χ1v) is 9.09. The maximum atomic E-state index is 3.59. The highest BCUT2D eigenvalue weighted by Crippen LogP contribution is 2.06. The van der Waals surface area contributed by atoms with Crippen molar-refractivity contribution in [1.29, 1.82) is 0 Å². The molecule has 21 heavy (non-hydrogen) atoms. The zero-order chi connectivity index (χ0) is 16.1. The topological polar surface area (TPSA) is 36.1 Å². The van der Waals surface area contributed by atoms with E-state index in [0.29, 0.717) is 12.1 Å². The van der Waals surface area contributed by atoms with Gasteiger partial charge in [0.25, 0.3) is 0 Å². The van der Waals surface area contributed by atoms with Gasteiger partial charge in [-0.15, -0.1) is 0 Å². The van der Waals surface area contributed by atoms with Gasteiger partial charge in [-0.25, -0.2) is 0 Å². The summed E-state index contributed by atoms with van der Waals surface area (Å²) in [5, 5.41) is 10.7. The molecule has 2 unspecified atom stereocenters. The zero-order valence-electron chi connectivity index (χ0n) is 15.5. The Morgan fingerprint density at radius 2 is 0.905 bits per heavy atom. The molecule has 0 amide bonds. The minimum atomic E-state index is 0.642. The fourth-order valence-electron chi connectivity index (χ4n) is 2.31. The lowest BCUT2D eigenvalue weighted by Crippen LogP contribution is -2.37. The van der Waals surface area contributed by atoms with Crippen LogP contribution >= 0.6 is 0 Å². The lowest BCUT2D eigenvalue weighted by atomic mass is 10.0. The van der Waals surface area contributed by atoms with Crippen molar-refractivity contribution in [3.05, 3.63) is 0 Å². The average Bonchev–Trinajstić information content (AvgIpc) is 2.41. The molecule has 3 N–H and O–H groups in total. The molecule has 0 spiro atoms. The van der Waals surface area contributed by atoms with E-state index >= 15 is 0 Å². The van der Waals surface area contributed by atoms with Gasteiger partial charge < -0.3 is 16.0 Å². The van der Waals surface area contributed by atoms with E-state index in [9.17, 15) is 0 Å². The molecule has 0 rings (SSSR count). The maximum Gasteiger partial charge on any atom is 0.00792 e. The van der Waals surface area contributed by atoms with Crippen molar-refractivity contribution in [2.45, 2.75) is 79.3 Å². The minimum absolute atomic E-state index is 0.642. The molecule has 0 bridgehead atoms. The van der Waals surface area contributed by atoms with Crippen molar-refractivity contribution in [1.82, 2.24) is 16.0 Å². The summed E-state index contributed by atoms with van der Waals surface area (Å²) in [6.07, 6.45) is 5.21. The molecule has 0 aromatic heterocycles. The Hall–Kier alpha value is -0.120. The normalized spacial score (nSPS) is 14.9. The number of hydrogen-bond acceptors (Lipinski definition) is 3. The van der Waals surface area contributed by atoms with Crippen LogP contribution in [0.2, 0.25) is 0 Å². The predicted molar refractivity (Wildman–Crippen MR) is 95.9 cm³/mol. The monoisotopic (exact) mass is 299 g/mol. The van der Waals surface area contributed by atoms with Crippen molar-refractivity contribution in [2.75, 3.05) is 26.2 Å². The first kappa shape index (κ1) is 20.9. The molecule has 0 heterocycles. The number of rotatable bonds is 14. The van der Waals surface area contributed by atoms with E-state index in [1.165, 1.54) is 25.7 Å². The molecule has 0 saturated heterocycles. The molecule has 0 aromatic carbocycles. The highest BCUT2D eigenvalue weighted by Gasteiger charge is 2.03. The van der Waals surface area contributed by atoms with Crippen LogP contribution in [0.1, 0.15) is 67.2 Å². The summed E-state index contributed by atoms with van der Waals surface area (Å²) in [5.41, 5.74) is 0. The second-order valence-electron chi connectivity index (χ2n) is 7.40. The second kappa shape index (κ2) is 13.5. The van der Waals surface area contributed by atoms with E-state index < -0.39 is 0 Å². The summed E-state index contributed by atoms with van der Waals surface area (Å²) >= 11 is 0. The third-order valence-electron chi connectivity index (χ3n) is 3.94. The van der Waals surface area contributed by atoms with Gasteiger partial charge in [0.2, 0.25) is 0 Å². The van der Waals surface area contributed by atoms with Crippen LogP contribution in [0.5, 0.6) is 0 Å². The third-order valence-corrected chi connectivity index (χ3v) is 3.94. The van der Waals surface area contributed by atoms with E-state index in [0.717, 1.165) is 38.0 Å². The van der Waals surface area contributed by atoms with Crippen LogP contribution in [0.25, 0.3) is 0 Å². The summed E-state index contributed by atoms with van der Waals surface area (Å²) in [4.78, 5) is 0. The molecule has 3 heteroatoms. The van der Waals surface area contributed by atoms with E-state index in [-0.39, 0.29) is 0 Å². The van der Waals surface area contributed by atoms with Crippen molar-refractivity contribution in [3.63, 3.8) is 0 Å². The van der Waals surface area contributed by atoms with Crippen molar-refractivity contribution in [3.8, 4) is 0 Å². The van der Waals surface area contributed by atoms with Crippen LogP contribution in [0.4, 0.5) is 0 Å². The number of nitrogens with one attached hydrogen (secondary N) is 3. The van der Waals surface area contributed by atoms with Gasteiger partial charge in [0, 0.05) is 38.3 Å². The summed E-state index contributed by atoms with van der Waals surface area (Å²) in [6, 6.07) is 1.28. The van der Waals surface area contributed by atoms with Gasteiger partial charge in [0.1, 0.15) is 0 Å². The minimum Gasteiger partial charge on any atom is -0.314 e. The Bertz CT molecular complexity index is 195. The molecule has 0 aliphatic carbocycles. The van der Waals surface area contributed by atoms with E-state index in [1.54, 1.807) is 0 Å². The molecular weight excluding hydrogens is 258 g/mol. The quantitative estimate of drug-likeness (QED) is 0.430. The van der Waals surface area contributed by atoms with Gasteiger partial charge in [-0.1, -0.05) is 27.7 Å². The van der Waals surface area contributed by atoms with Gasteiger partial charge in [-0.3, -0.25) is 0 Å². The van der Waals surface area contributed by atoms with Crippen LogP contribution in [0.15, 0.2) is 0 Å². The summed E-state index contributed by atoms with van der Waals surface area (Å²) in [6.45, 7) is 18.0. The van der Waals surface area contributed by atoms with Crippen molar-refractivity contribution >= 4 is 0 Å². The summed E-state index contributed by atoms with van der Waals surface area (Å²) < 4.78 is 0. The van der Waals surface area contributed by atoms with Gasteiger partial charge in [-0.05, 0) is 51.4 Å². The second-order valence-corrected chi connectivity index (χ2v) is 7.40. The predicted octanol–water partition coefficient (Wildman–Crippen LogP) is 3.40. The van der Waals surface area contributed by atoms with Crippen LogP contribution in [-0.4, -0.2) is 38.3 Å². The maximum absolute atomic E-state index is 3.59. The first-order valence-electron chi connectivity index (χ1n) is 9.09. The van der Waals surface area contributed by atoms with E-state index in [4.69, 9.17) is 0 Å². The zero-order valence-corrected chi connectivity index (χ0v) is 15.5. The van der Waals surface area contributed by atoms with Gasteiger partial charge in [-0.2, -0.15) is 0 Å². The first-order chi connectivity index (χ1) is 9.91. The van der Waals surface area contributed by atoms with Crippen molar-refractivity contribution in [2.24, 2.45) is 11.8 Å². The summed E-state index contributed by atoms with van der Waals surface area (Å²) in [7, 11) is 0. The molecule has 2 atom stereocenters. The van der Waals surface area contributed by atoms with Gasteiger partial charge >= 0.3 is 0 Å². The highest BCUT2D eigenvalue weighted by atomic mass is 15.0. The third kappa shape index (κ3) is 16.1. The lowest BCUT2D eigenvalue weighted by Gasteiger charge is -2.16. The van der Waals surface area contributed by atoms with E-state index in [1.807, 2.05) is 0 Å². The molecular formula is C18H41N3. The standard InChI is InChI=1S/C18H41N3/c1-15(2)7-9-17(5)20-13-11-19-12-14-21-18(6)10-8-16(3)4/h15-21H,7-14H2,1-6H3. The molecule has 0 aliphatic heterocycles. The Balaban J connectivity index is 3.28. The molecule has 0 aliphatic rings. The Morgan fingerprint density at radius 3 is 1.24 bits per heavy atom. The molecule has 3 nitrogen and oxygen atoms in total. The van der Waals surface area contributed by atoms with Gasteiger partial charge in [0.05, 0.1) is 0 Å². The number of hydrogen-bond donors (Lipinski definition) is 3. The molecule has 0 radical (unpaired) electrons. The van der Waals surface area contributed by atoms with E-state index in [2.05, 4.69) is 57.5 Å². The Labute approximate surface area is 134 Å².